The van der Waals surface area contributed by atoms with Crippen LogP contribution < -0.4 is 15.9 Å². The largest absolute Gasteiger partial charge is 0.298 e. The first-order chi connectivity index (χ1) is 14.2. The minimum atomic E-state index is -0.471. The molecule has 1 atom stereocenters. The highest BCUT2D eigenvalue weighted by Gasteiger charge is 2.35. The molecule has 1 aromatic carbocycles. The minimum Gasteiger partial charge on any atom is -0.298 e. The van der Waals surface area contributed by atoms with E-state index in [4.69, 9.17) is 10.1 Å². The van der Waals surface area contributed by atoms with E-state index < -0.39 is 6.17 Å². The molecule has 2 aromatic rings. The fourth-order valence-electron chi connectivity index (χ4n) is 3.34. The first-order valence-electron chi connectivity index (χ1n) is 9.78. The highest BCUT2D eigenvalue weighted by atomic mass is 79.9. The summed E-state index contributed by atoms with van der Waals surface area (Å²) in [6, 6.07) is 11.4. The Bertz CT molecular complexity index is 1060. The molecule has 1 aromatic heterocycles. The quantitative estimate of drug-likeness (QED) is 0.656. The van der Waals surface area contributed by atoms with Gasteiger partial charge in [-0.15, -0.1) is 5.10 Å². The number of unbranched alkanes of at least 4 members (excludes halogenated alkanes) is 3. The van der Waals surface area contributed by atoms with E-state index in [1.54, 1.807) is 23.0 Å². The van der Waals surface area contributed by atoms with Crippen LogP contribution in [0.3, 0.4) is 0 Å². The third-order valence-corrected chi connectivity index (χ3v) is 6.20. The van der Waals surface area contributed by atoms with Crippen LogP contribution in [0.4, 0.5) is 0 Å². The molecule has 4 rings (SSSR count). The topological polar surface area (TPSA) is 70.0 Å². The van der Waals surface area contributed by atoms with Crippen molar-refractivity contribution in [2.24, 2.45) is 10.1 Å². The molecule has 1 N–H and O–H groups in total. The van der Waals surface area contributed by atoms with Gasteiger partial charge in [0, 0.05) is 21.6 Å². The van der Waals surface area contributed by atoms with Crippen LogP contribution in [0.1, 0.15) is 44.5 Å². The summed E-state index contributed by atoms with van der Waals surface area (Å²) in [5.41, 5.74) is 1.26. The molecule has 29 heavy (non-hydrogen) atoms. The number of carbonyl (C=O) groups is 1. The standard InChI is InChI=1S/C21H22BrN5OS/c1-2-3-4-7-12-29-21-25-20(28)18-15-13-14(22)9-10-16(15)24-19(27(18)26-21)17-8-5-6-11-23-17/h5-6,8-11,13,19H,2-4,7,12H2,1H3,(H,25,26,28). The van der Waals surface area contributed by atoms with Gasteiger partial charge in [-0.2, -0.15) is 0 Å². The lowest BCUT2D eigenvalue weighted by atomic mass is 10.1. The molecule has 0 spiro atoms. The van der Waals surface area contributed by atoms with Gasteiger partial charge in [-0.3, -0.25) is 20.1 Å². The van der Waals surface area contributed by atoms with E-state index in [1.165, 1.54) is 19.3 Å². The summed E-state index contributed by atoms with van der Waals surface area (Å²) in [7, 11) is 0. The number of hydrogen-bond donors (Lipinski definition) is 1. The summed E-state index contributed by atoms with van der Waals surface area (Å²) in [5.74, 6) is 0.766. The van der Waals surface area contributed by atoms with Crippen molar-refractivity contribution in [2.45, 2.75) is 38.8 Å². The minimum absolute atomic E-state index is 0.161. The number of pyridine rings is 1. The second-order valence-corrected chi connectivity index (χ2v) is 8.88. The van der Waals surface area contributed by atoms with Crippen LogP contribution in [0.2, 0.25) is 0 Å². The highest BCUT2D eigenvalue weighted by molar-refractivity contribution is 9.10. The smallest absolute Gasteiger partial charge is 0.276 e. The molecular formula is C21H22BrN5OS. The summed E-state index contributed by atoms with van der Waals surface area (Å²) in [6.07, 6.45) is 6.00. The van der Waals surface area contributed by atoms with Crippen molar-refractivity contribution < 1.29 is 4.79 Å². The maximum Gasteiger partial charge on any atom is 0.276 e. The Kier molecular flexibility index (Phi) is 6.30. The second kappa shape index (κ2) is 9.09. The lowest BCUT2D eigenvalue weighted by Crippen LogP contribution is -2.50. The Morgan fingerprint density at radius 2 is 2.10 bits per heavy atom. The maximum absolute atomic E-state index is 13.1. The molecule has 0 fully saturated rings. The summed E-state index contributed by atoms with van der Waals surface area (Å²) in [4.78, 5) is 22.4. The number of amidine groups is 1. The van der Waals surface area contributed by atoms with Crippen molar-refractivity contribution in [2.75, 3.05) is 5.75 Å². The number of nitrogens with one attached hydrogen (secondary N) is 1. The molecule has 8 heteroatoms. The van der Waals surface area contributed by atoms with Gasteiger partial charge in [-0.05, 0) is 36.8 Å². The van der Waals surface area contributed by atoms with Gasteiger partial charge in [0.2, 0.25) is 0 Å². The monoisotopic (exact) mass is 471 g/mol. The molecule has 0 bridgehead atoms. The summed E-state index contributed by atoms with van der Waals surface area (Å²) in [6.45, 7) is 2.20. The van der Waals surface area contributed by atoms with E-state index >= 15 is 0 Å². The molecule has 6 nitrogen and oxygen atoms in total. The average Bonchev–Trinajstić information content (AvgIpc) is 2.73. The van der Waals surface area contributed by atoms with E-state index in [1.807, 2.05) is 36.4 Å². The fraction of sp³-hybridized carbons (Fsp3) is 0.333. The van der Waals surface area contributed by atoms with Gasteiger partial charge in [0.05, 0.1) is 11.1 Å². The molecular weight excluding hydrogens is 450 g/mol. The van der Waals surface area contributed by atoms with E-state index in [0.717, 1.165) is 32.9 Å². The first-order valence-corrected chi connectivity index (χ1v) is 11.6. The summed E-state index contributed by atoms with van der Waals surface area (Å²) in [5, 5.41) is 11.6. The van der Waals surface area contributed by atoms with Crippen molar-refractivity contribution in [3.63, 3.8) is 0 Å². The molecule has 0 saturated heterocycles. The predicted octanol–water partition coefficient (Wildman–Crippen LogP) is 3.30. The Hall–Kier alpha value is -2.19. The van der Waals surface area contributed by atoms with Gasteiger partial charge in [-0.1, -0.05) is 59.9 Å². The second-order valence-electron chi connectivity index (χ2n) is 6.88. The molecule has 0 saturated carbocycles. The number of hydrogen-bond acceptors (Lipinski definition) is 6. The lowest BCUT2D eigenvalue weighted by molar-refractivity contribution is -0.116. The highest BCUT2D eigenvalue weighted by Crippen LogP contribution is 2.29. The number of rotatable bonds is 6. The van der Waals surface area contributed by atoms with Gasteiger partial charge < -0.3 is 0 Å². The number of thioether (sulfide) groups is 1. The molecule has 0 aliphatic carbocycles. The molecule has 2 aliphatic rings. The molecule has 1 amide bonds. The van der Waals surface area contributed by atoms with Crippen molar-refractivity contribution in [3.8, 4) is 0 Å². The number of carbonyl (C=O) groups excluding carboxylic acids is 1. The number of hydrazone groups is 1. The lowest BCUT2D eigenvalue weighted by Gasteiger charge is -2.33. The number of aromatic nitrogens is 1. The molecule has 0 radical (unpaired) electrons. The van der Waals surface area contributed by atoms with Gasteiger partial charge >= 0.3 is 0 Å². The van der Waals surface area contributed by atoms with E-state index in [-0.39, 0.29) is 5.91 Å². The van der Waals surface area contributed by atoms with Crippen LogP contribution in [0.5, 0.6) is 0 Å². The molecule has 1 unspecified atom stereocenters. The zero-order chi connectivity index (χ0) is 20.2. The maximum atomic E-state index is 13.1. The van der Waals surface area contributed by atoms with Crippen LogP contribution in [0.15, 0.2) is 57.2 Å². The van der Waals surface area contributed by atoms with Crippen LogP contribution in [-0.2, 0) is 4.79 Å². The predicted molar refractivity (Wildman–Crippen MR) is 119 cm³/mol. The number of nitrogens with zero attached hydrogens (tertiary/aromatic N) is 4. The third-order valence-electron chi connectivity index (χ3n) is 4.76. The van der Waals surface area contributed by atoms with Crippen LogP contribution in [0.25, 0.3) is 5.70 Å². The van der Waals surface area contributed by atoms with Crippen LogP contribution in [-0.4, -0.2) is 26.8 Å². The normalized spacial score (nSPS) is 17.8. The fourth-order valence-corrected chi connectivity index (χ4v) is 4.55. The zero-order valence-electron chi connectivity index (χ0n) is 16.1. The van der Waals surface area contributed by atoms with E-state index in [2.05, 4.69) is 33.2 Å². The van der Waals surface area contributed by atoms with Crippen molar-refractivity contribution in [1.29, 1.82) is 0 Å². The zero-order valence-corrected chi connectivity index (χ0v) is 18.5. The average molecular weight is 472 g/mol. The van der Waals surface area contributed by atoms with Crippen molar-refractivity contribution in [1.82, 2.24) is 15.3 Å². The Labute approximate surface area is 182 Å². The molecule has 2 aliphatic heterocycles. The Morgan fingerprint density at radius 3 is 2.90 bits per heavy atom. The number of benzene rings is 1. The third kappa shape index (κ3) is 4.38. The van der Waals surface area contributed by atoms with E-state index in [9.17, 15) is 4.79 Å². The molecule has 150 valence electrons. The van der Waals surface area contributed by atoms with Gasteiger partial charge in [0.25, 0.3) is 5.91 Å². The number of amides is 1. The van der Waals surface area contributed by atoms with Crippen molar-refractivity contribution >= 4 is 44.5 Å². The van der Waals surface area contributed by atoms with Gasteiger partial charge in [-0.25, -0.2) is 5.01 Å². The summed E-state index contributed by atoms with van der Waals surface area (Å²) >= 11 is 5.08. The van der Waals surface area contributed by atoms with Gasteiger partial charge in [0.1, 0.15) is 5.70 Å². The van der Waals surface area contributed by atoms with E-state index in [0.29, 0.717) is 10.9 Å². The Balaban J connectivity index is 1.72. The van der Waals surface area contributed by atoms with Crippen molar-refractivity contribution in [3.05, 3.63) is 63.3 Å². The molecule has 3 heterocycles. The summed E-state index contributed by atoms with van der Waals surface area (Å²) < 4.78 is 0.892. The van der Waals surface area contributed by atoms with Gasteiger partial charge in [0.15, 0.2) is 11.3 Å². The van der Waals surface area contributed by atoms with Crippen LogP contribution >= 0.6 is 27.7 Å². The van der Waals surface area contributed by atoms with Crippen LogP contribution in [0, 0.1) is 0 Å². The Morgan fingerprint density at radius 1 is 1.21 bits per heavy atom. The SMILES string of the molecule is CCCCCCSC1=NN2C(=c3cc(Br)ccc3=NC2c2ccccn2)C(=O)N1. The number of halogens is 1. The first kappa shape index (κ1) is 20.1. The number of fused-ring (bicyclic) bond motifs is 2.